The van der Waals surface area contributed by atoms with Gasteiger partial charge in [-0.05, 0) is 24.1 Å². The molecule has 2 aromatic rings. The SMILES string of the molecule is CNc1ccc2c(n1)CN(C(=O)c1c(F)cc3c(c1F)CN(N1C(=O)CCCC1=O)C3=O)C2. The van der Waals surface area contributed by atoms with Crippen LogP contribution in [0.2, 0.25) is 0 Å². The number of halogens is 2. The number of pyridine rings is 1. The van der Waals surface area contributed by atoms with E-state index in [4.69, 9.17) is 0 Å². The van der Waals surface area contributed by atoms with E-state index < -0.39 is 47.4 Å². The molecule has 5 rings (SSSR count). The van der Waals surface area contributed by atoms with E-state index in [2.05, 4.69) is 10.3 Å². The predicted molar refractivity (Wildman–Crippen MR) is 109 cm³/mol. The van der Waals surface area contributed by atoms with Crippen molar-refractivity contribution in [3.63, 3.8) is 0 Å². The van der Waals surface area contributed by atoms with Crippen LogP contribution in [0.25, 0.3) is 0 Å². The molecule has 1 aromatic heterocycles. The normalized spacial score (nSPS) is 17.5. The Morgan fingerprint density at radius 1 is 1.06 bits per heavy atom. The smallest absolute Gasteiger partial charge is 0.273 e. The molecular weight excluding hydrogens is 436 g/mol. The number of imide groups is 1. The molecule has 1 saturated heterocycles. The highest BCUT2D eigenvalue weighted by molar-refractivity contribution is 6.05. The zero-order chi connectivity index (χ0) is 23.4. The first-order chi connectivity index (χ1) is 15.8. The van der Waals surface area contributed by atoms with Crippen molar-refractivity contribution in [3.05, 3.63) is 57.8 Å². The van der Waals surface area contributed by atoms with Gasteiger partial charge in [0.1, 0.15) is 23.0 Å². The fraction of sp³-hybridized carbons (Fsp3) is 0.318. The number of rotatable bonds is 3. The number of hydrogen-bond donors (Lipinski definition) is 1. The lowest BCUT2D eigenvalue weighted by molar-refractivity contribution is -0.163. The minimum absolute atomic E-state index is 0.0747. The monoisotopic (exact) mass is 455 g/mol. The molecule has 1 fully saturated rings. The molecular formula is C22H19F2N5O4. The van der Waals surface area contributed by atoms with Gasteiger partial charge >= 0.3 is 0 Å². The van der Waals surface area contributed by atoms with Crippen molar-refractivity contribution in [2.75, 3.05) is 12.4 Å². The summed E-state index contributed by atoms with van der Waals surface area (Å²) in [6.07, 6.45) is 0.518. The molecule has 3 aliphatic rings. The van der Waals surface area contributed by atoms with E-state index in [1.807, 2.05) is 0 Å². The molecule has 0 bridgehead atoms. The lowest BCUT2D eigenvalue weighted by Gasteiger charge is -2.32. The van der Waals surface area contributed by atoms with Gasteiger partial charge < -0.3 is 10.2 Å². The topological polar surface area (TPSA) is 103 Å². The number of aromatic nitrogens is 1. The first-order valence-electron chi connectivity index (χ1n) is 10.4. The summed E-state index contributed by atoms with van der Waals surface area (Å²) in [5.41, 5.74) is 0.0933. The van der Waals surface area contributed by atoms with Crippen LogP contribution in [-0.4, -0.2) is 50.6 Å². The van der Waals surface area contributed by atoms with Crippen LogP contribution in [0.3, 0.4) is 0 Å². The molecule has 0 aliphatic carbocycles. The van der Waals surface area contributed by atoms with Gasteiger partial charge in [0, 0.05) is 32.0 Å². The van der Waals surface area contributed by atoms with Crippen LogP contribution in [0.1, 0.15) is 56.8 Å². The Balaban J connectivity index is 1.45. The third-order valence-corrected chi connectivity index (χ3v) is 6.11. The van der Waals surface area contributed by atoms with Gasteiger partial charge in [-0.15, -0.1) is 0 Å². The summed E-state index contributed by atoms with van der Waals surface area (Å²) in [7, 11) is 1.71. The molecule has 4 heterocycles. The number of carbonyl (C=O) groups is 4. The number of anilines is 1. The lowest BCUT2D eigenvalue weighted by Crippen LogP contribution is -2.52. The van der Waals surface area contributed by atoms with Gasteiger partial charge in [0.2, 0.25) is 11.8 Å². The van der Waals surface area contributed by atoms with Crippen molar-refractivity contribution in [2.24, 2.45) is 0 Å². The van der Waals surface area contributed by atoms with E-state index in [1.165, 1.54) is 4.90 Å². The Hall–Kier alpha value is -3.89. The zero-order valence-electron chi connectivity index (χ0n) is 17.7. The van der Waals surface area contributed by atoms with E-state index in [-0.39, 0.29) is 37.1 Å². The second-order valence-electron chi connectivity index (χ2n) is 8.10. The summed E-state index contributed by atoms with van der Waals surface area (Å²) in [5, 5.41) is 4.42. The molecule has 1 aromatic carbocycles. The Morgan fingerprint density at radius 2 is 1.79 bits per heavy atom. The molecule has 9 nitrogen and oxygen atoms in total. The quantitative estimate of drug-likeness (QED) is 0.710. The molecule has 170 valence electrons. The maximum atomic E-state index is 15.4. The molecule has 4 amide bonds. The number of nitrogens with one attached hydrogen (secondary N) is 1. The van der Waals surface area contributed by atoms with E-state index >= 15 is 4.39 Å². The largest absolute Gasteiger partial charge is 0.373 e. The molecule has 0 radical (unpaired) electrons. The van der Waals surface area contributed by atoms with Crippen molar-refractivity contribution >= 4 is 29.4 Å². The first-order valence-corrected chi connectivity index (χ1v) is 10.4. The number of hydrazine groups is 1. The van der Waals surface area contributed by atoms with Crippen molar-refractivity contribution in [1.29, 1.82) is 0 Å². The third kappa shape index (κ3) is 3.22. The Morgan fingerprint density at radius 3 is 2.48 bits per heavy atom. The van der Waals surface area contributed by atoms with Crippen LogP contribution in [0, 0.1) is 11.6 Å². The van der Waals surface area contributed by atoms with Gasteiger partial charge in [0.05, 0.1) is 24.3 Å². The second-order valence-corrected chi connectivity index (χ2v) is 8.10. The maximum absolute atomic E-state index is 15.4. The fourth-order valence-corrected chi connectivity index (χ4v) is 4.43. The molecule has 1 N–H and O–H groups in total. The molecule has 33 heavy (non-hydrogen) atoms. The predicted octanol–water partition coefficient (Wildman–Crippen LogP) is 1.97. The molecule has 0 saturated carbocycles. The molecule has 0 spiro atoms. The minimum Gasteiger partial charge on any atom is -0.373 e. The van der Waals surface area contributed by atoms with Crippen LogP contribution in [0.5, 0.6) is 0 Å². The molecule has 0 unspecified atom stereocenters. The van der Waals surface area contributed by atoms with Crippen molar-refractivity contribution in [2.45, 2.75) is 38.9 Å². The van der Waals surface area contributed by atoms with E-state index in [0.717, 1.165) is 16.6 Å². The number of piperidine rings is 1. The number of hydrogen-bond acceptors (Lipinski definition) is 6. The number of amides is 4. The van der Waals surface area contributed by atoms with Crippen LogP contribution >= 0.6 is 0 Å². The average molecular weight is 455 g/mol. The zero-order valence-corrected chi connectivity index (χ0v) is 17.7. The Bertz CT molecular complexity index is 1230. The van der Waals surface area contributed by atoms with Gasteiger partial charge in [-0.2, -0.15) is 5.01 Å². The summed E-state index contributed by atoms with van der Waals surface area (Å²) < 4.78 is 30.3. The van der Waals surface area contributed by atoms with E-state index in [1.54, 1.807) is 19.2 Å². The van der Waals surface area contributed by atoms with Crippen molar-refractivity contribution in [1.82, 2.24) is 19.9 Å². The first kappa shape index (κ1) is 21.0. The summed E-state index contributed by atoms with van der Waals surface area (Å²) in [6.45, 7) is -0.212. The summed E-state index contributed by atoms with van der Waals surface area (Å²) in [6, 6.07) is 4.33. The van der Waals surface area contributed by atoms with Gasteiger partial charge in [0.15, 0.2) is 0 Å². The van der Waals surface area contributed by atoms with Gasteiger partial charge in [-0.1, -0.05) is 6.07 Å². The summed E-state index contributed by atoms with van der Waals surface area (Å²) in [5.74, 6) is -4.61. The van der Waals surface area contributed by atoms with Crippen LogP contribution < -0.4 is 5.32 Å². The van der Waals surface area contributed by atoms with Crippen molar-refractivity contribution in [3.8, 4) is 0 Å². The standard InChI is InChI=1S/C22H19F2N5O4/c1-25-16-6-5-11-8-27(10-15(11)26-16)22(33)19-14(23)7-12-13(20(19)24)9-28(21(12)32)29-17(30)3-2-4-18(29)31/h5-7H,2-4,8-10H2,1H3,(H,25,26). The van der Waals surface area contributed by atoms with Crippen LogP contribution in [0.15, 0.2) is 18.2 Å². The number of benzene rings is 1. The minimum atomic E-state index is -1.18. The highest BCUT2D eigenvalue weighted by Gasteiger charge is 2.42. The van der Waals surface area contributed by atoms with Gasteiger partial charge in [-0.3, -0.25) is 19.2 Å². The summed E-state index contributed by atoms with van der Waals surface area (Å²) >= 11 is 0. The second kappa shape index (κ2) is 7.61. The highest BCUT2D eigenvalue weighted by Crippen LogP contribution is 2.33. The molecule has 3 aliphatic heterocycles. The highest BCUT2D eigenvalue weighted by atomic mass is 19.1. The van der Waals surface area contributed by atoms with Gasteiger partial charge in [0.25, 0.3) is 11.8 Å². The number of nitrogens with zero attached hydrogens (tertiary/aromatic N) is 4. The van der Waals surface area contributed by atoms with Crippen LogP contribution in [0.4, 0.5) is 14.6 Å². The third-order valence-electron chi connectivity index (χ3n) is 6.11. The summed E-state index contributed by atoms with van der Waals surface area (Å²) in [4.78, 5) is 55.9. The van der Waals surface area contributed by atoms with Gasteiger partial charge in [-0.25, -0.2) is 18.8 Å². The lowest BCUT2D eigenvalue weighted by atomic mass is 10.0. The van der Waals surface area contributed by atoms with Crippen molar-refractivity contribution < 1.29 is 28.0 Å². The maximum Gasteiger partial charge on any atom is 0.273 e. The number of fused-ring (bicyclic) bond motifs is 2. The molecule has 11 heteroatoms. The molecule has 0 atom stereocenters. The van der Waals surface area contributed by atoms with Crippen LogP contribution in [-0.2, 0) is 29.2 Å². The Labute approximate surface area is 186 Å². The average Bonchev–Trinajstić information content (AvgIpc) is 3.35. The number of carbonyl (C=O) groups excluding carboxylic acids is 4. The van der Waals surface area contributed by atoms with E-state index in [0.29, 0.717) is 22.9 Å². The van der Waals surface area contributed by atoms with E-state index in [9.17, 15) is 23.6 Å². The Kier molecular flexibility index (Phi) is 4.84. The fourth-order valence-electron chi connectivity index (χ4n) is 4.43.